The normalized spacial score (nSPS) is 17.9. The van der Waals surface area contributed by atoms with Crippen molar-refractivity contribution in [2.75, 3.05) is 13.1 Å². The zero-order valence-corrected chi connectivity index (χ0v) is 12.3. The van der Waals surface area contributed by atoms with Crippen molar-refractivity contribution < 1.29 is 9.90 Å². The van der Waals surface area contributed by atoms with E-state index in [1.54, 1.807) is 0 Å². The molecule has 0 radical (unpaired) electrons. The van der Waals surface area contributed by atoms with Gasteiger partial charge in [0.05, 0.1) is 6.61 Å². The summed E-state index contributed by atoms with van der Waals surface area (Å²) in [5.41, 5.74) is 2.15. The molecule has 1 atom stereocenters. The predicted molar refractivity (Wildman–Crippen MR) is 78.6 cm³/mol. The van der Waals surface area contributed by atoms with Gasteiger partial charge >= 0.3 is 0 Å². The van der Waals surface area contributed by atoms with E-state index in [1.807, 2.05) is 23.1 Å². The molecule has 1 saturated heterocycles. The van der Waals surface area contributed by atoms with E-state index in [-0.39, 0.29) is 19.1 Å². The van der Waals surface area contributed by atoms with Crippen LogP contribution in [0.4, 0.5) is 0 Å². The molecule has 7 heteroatoms. The monoisotopic (exact) mass is 301 g/mol. The highest BCUT2D eigenvalue weighted by atomic mass is 16.3. The van der Waals surface area contributed by atoms with Gasteiger partial charge in [-0.3, -0.25) is 4.79 Å². The van der Waals surface area contributed by atoms with Crippen molar-refractivity contribution in [3.63, 3.8) is 0 Å². The highest BCUT2D eigenvalue weighted by molar-refractivity contribution is 5.76. The fourth-order valence-electron chi connectivity index (χ4n) is 2.91. The van der Waals surface area contributed by atoms with Gasteiger partial charge in [-0.2, -0.15) is 0 Å². The van der Waals surface area contributed by atoms with E-state index >= 15 is 0 Å². The topological polar surface area (TPSA) is 84.1 Å². The maximum atomic E-state index is 12.2. The average Bonchev–Trinajstić information content (AvgIpc) is 3.19. The number of tetrazole rings is 1. The van der Waals surface area contributed by atoms with Crippen LogP contribution in [0, 0.1) is 5.92 Å². The number of nitrogens with zero attached hydrogens (tertiary/aromatic N) is 5. The summed E-state index contributed by atoms with van der Waals surface area (Å²) in [4.78, 5) is 14.1. The molecule has 1 amide bonds. The van der Waals surface area contributed by atoms with Gasteiger partial charge in [0.1, 0.15) is 12.9 Å². The standard InChI is InChI=1S/C15H19N5O2/c21-10-14-3-1-2-12(7-14)6-13-4-5-19(8-13)15(22)9-20-11-16-17-18-20/h1-3,7,11,13,21H,4-6,8-10H2/t13-/m0/s1. The molecule has 0 aliphatic carbocycles. The average molecular weight is 301 g/mol. The van der Waals surface area contributed by atoms with Crippen LogP contribution in [0.5, 0.6) is 0 Å². The van der Waals surface area contributed by atoms with Gasteiger partial charge in [-0.1, -0.05) is 24.3 Å². The zero-order chi connectivity index (χ0) is 15.4. The van der Waals surface area contributed by atoms with E-state index in [1.165, 1.54) is 16.6 Å². The van der Waals surface area contributed by atoms with Crippen molar-refractivity contribution in [2.24, 2.45) is 5.92 Å². The number of rotatable bonds is 5. The molecule has 3 rings (SSSR count). The predicted octanol–water partition coefficient (Wildman–Crippen LogP) is 0.257. The van der Waals surface area contributed by atoms with E-state index < -0.39 is 0 Å². The molecule has 2 heterocycles. The number of aliphatic hydroxyl groups is 1. The molecule has 1 aliphatic heterocycles. The Morgan fingerprint density at radius 2 is 2.23 bits per heavy atom. The number of aliphatic hydroxyl groups excluding tert-OH is 1. The maximum absolute atomic E-state index is 12.2. The molecule has 0 bridgehead atoms. The summed E-state index contributed by atoms with van der Waals surface area (Å²) < 4.78 is 1.44. The van der Waals surface area contributed by atoms with E-state index in [2.05, 4.69) is 21.6 Å². The van der Waals surface area contributed by atoms with E-state index in [9.17, 15) is 9.90 Å². The number of carbonyl (C=O) groups is 1. The first-order valence-electron chi connectivity index (χ1n) is 7.42. The molecular formula is C15H19N5O2. The lowest BCUT2D eigenvalue weighted by Crippen LogP contribution is -2.32. The van der Waals surface area contributed by atoms with Crippen LogP contribution in [0.3, 0.4) is 0 Å². The van der Waals surface area contributed by atoms with Crippen molar-refractivity contribution in [3.8, 4) is 0 Å². The Labute approximate surface area is 128 Å². The summed E-state index contributed by atoms with van der Waals surface area (Å²) >= 11 is 0. The second kappa shape index (κ2) is 6.65. The highest BCUT2D eigenvalue weighted by Gasteiger charge is 2.26. The lowest BCUT2D eigenvalue weighted by Gasteiger charge is -2.16. The molecule has 1 fully saturated rings. The van der Waals surface area contributed by atoms with Crippen molar-refractivity contribution >= 4 is 5.91 Å². The molecule has 1 N–H and O–H groups in total. The molecule has 2 aromatic rings. The zero-order valence-electron chi connectivity index (χ0n) is 12.3. The summed E-state index contributed by atoms with van der Waals surface area (Å²) in [6.45, 7) is 1.81. The van der Waals surface area contributed by atoms with Crippen LogP contribution in [0.25, 0.3) is 0 Å². The molecular weight excluding hydrogens is 282 g/mol. The SMILES string of the molecule is O=C(Cn1cnnn1)N1CC[C@@H](Cc2cccc(CO)c2)C1. The van der Waals surface area contributed by atoms with Crippen LogP contribution >= 0.6 is 0 Å². The summed E-state index contributed by atoms with van der Waals surface area (Å²) in [7, 11) is 0. The van der Waals surface area contributed by atoms with Crippen molar-refractivity contribution in [3.05, 3.63) is 41.7 Å². The third kappa shape index (κ3) is 3.48. The van der Waals surface area contributed by atoms with Crippen LogP contribution < -0.4 is 0 Å². The van der Waals surface area contributed by atoms with Gasteiger partial charge in [0.25, 0.3) is 0 Å². The van der Waals surface area contributed by atoms with Crippen LogP contribution in [0.15, 0.2) is 30.6 Å². The second-order valence-corrected chi connectivity index (χ2v) is 5.68. The smallest absolute Gasteiger partial charge is 0.244 e. The Bertz CT molecular complexity index is 629. The molecule has 1 aliphatic rings. The van der Waals surface area contributed by atoms with E-state index in [0.717, 1.165) is 31.5 Å². The molecule has 22 heavy (non-hydrogen) atoms. The largest absolute Gasteiger partial charge is 0.392 e. The molecule has 1 aromatic carbocycles. The van der Waals surface area contributed by atoms with Gasteiger partial charge in [0, 0.05) is 13.1 Å². The second-order valence-electron chi connectivity index (χ2n) is 5.68. The lowest BCUT2D eigenvalue weighted by molar-refractivity contribution is -0.131. The molecule has 0 saturated carbocycles. The molecule has 116 valence electrons. The number of aromatic nitrogens is 4. The van der Waals surface area contributed by atoms with Gasteiger partial charge in [0.15, 0.2) is 0 Å². The Balaban J connectivity index is 1.54. The highest BCUT2D eigenvalue weighted by Crippen LogP contribution is 2.21. The minimum absolute atomic E-state index is 0.0545. The number of hydrogen-bond acceptors (Lipinski definition) is 5. The summed E-state index contributed by atoms with van der Waals surface area (Å²) in [5, 5.41) is 20.0. The fraction of sp³-hybridized carbons (Fsp3) is 0.467. The van der Waals surface area contributed by atoms with Gasteiger partial charge in [0.2, 0.25) is 5.91 Å². The Hall–Kier alpha value is -2.28. The minimum Gasteiger partial charge on any atom is -0.392 e. The molecule has 7 nitrogen and oxygen atoms in total. The first-order chi connectivity index (χ1) is 10.7. The van der Waals surface area contributed by atoms with Crippen LogP contribution in [-0.4, -0.2) is 49.2 Å². The van der Waals surface area contributed by atoms with Gasteiger partial charge < -0.3 is 10.0 Å². The Kier molecular flexibility index (Phi) is 4.43. The molecule has 0 unspecified atom stereocenters. The summed E-state index contributed by atoms with van der Waals surface area (Å²) in [6.07, 6.45) is 3.39. The quantitative estimate of drug-likeness (QED) is 0.856. The molecule has 0 spiro atoms. The van der Waals surface area contributed by atoms with Crippen molar-refractivity contribution in [2.45, 2.75) is 26.0 Å². The third-order valence-electron chi connectivity index (χ3n) is 4.03. The third-order valence-corrected chi connectivity index (χ3v) is 4.03. The van der Waals surface area contributed by atoms with Crippen molar-refractivity contribution in [1.82, 2.24) is 25.1 Å². The summed E-state index contributed by atoms with van der Waals surface area (Å²) in [6, 6.07) is 7.99. The minimum atomic E-state index is 0.0545. The van der Waals surface area contributed by atoms with E-state index in [0.29, 0.717) is 5.92 Å². The number of carbonyl (C=O) groups excluding carboxylic acids is 1. The first kappa shape index (κ1) is 14.6. The van der Waals surface area contributed by atoms with Gasteiger partial charge in [-0.05, 0) is 40.3 Å². The first-order valence-corrected chi connectivity index (χ1v) is 7.42. The summed E-state index contributed by atoms with van der Waals surface area (Å²) in [5.74, 6) is 0.519. The number of hydrogen-bond donors (Lipinski definition) is 1. The fourth-order valence-corrected chi connectivity index (χ4v) is 2.91. The van der Waals surface area contributed by atoms with Gasteiger partial charge in [-0.25, -0.2) is 4.68 Å². The lowest BCUT2D eigenvalue weighted by atomic mass is 9.97. The Morgan fingerprint density at radius 3 is 3.00 bits per heavy atom. The maximum Gasteiger partial charge on any atom is 0.244 e. The number of amides is 1. The van der Waals surface area contributed by atoms with E-state index in [4.69, 9.17) is 0 Å². The van der Waals surface area contributed by atoms with Crippen LogP contribution in [-0.2, 0) is 24.4 Å². The Morgan fingerprint density at radius 1 is 1.36 bits per heavy atom. The van der Waals surface area contributed by atoms with Crippen LogP contribution in [0.2, 0.25) is 0 Å². The number of likely N-dealkylation sites (tertiary alicyclic amines) is 1. The van der Waals surface area contributed by atoms with Crippen molar-refractivity contribution in [1.29, 1.82) is 0 Å². The van der Waals surface area contributed by atoms with Crippen LogP contribution in [0.1, 0.15) is 17.5 Å². The van der Waals surface area contributed by atoms with Gasteiger partial charge in [-0.15, -0.1) is 5.10 Å². The molecule has 1 aromatic heterocycles. The number of benzene rings is 1.